The molecule has 0 aliphatic carbocycles. The Morgan fingerprint density at radius 3 is 2.69 bits per heavy atom. The van der Waals surface area contributed by atoms with Gasteiger partial charge in [0.1, 0.15) is 35.4 Å². The second-order valence-corrected chi connectivity index (χ2v) is 14.0. The summed E-state index contributed by atoms with van der Waals surface area (Å²) in [5.74, 6) is -1.12. The van der Waals surface area contributed by atoms with E-state index in [4.69, 9.17) is 24.5 Å². The highest BCUT2D eigenvalue weighted by molar-refractivity contribution is 7.17. The lowest BCUT2D eigenvalue weighted by Crippen LogP contribution is -2.40. The number of rotatable bonds is 10. The maximum Gasteiger partial charge on any atom is 0.246 e. The molecular weight excluding hydrogens is 689 g/mol. The van der Waals surface area contributed by atoms with E-state index < -0.39 is 11.6 Å². The Balaban J connectivity index is 1.43. The van der Waals surface area contributed by atoms with Gasteiger partial charge in [0.25, 0.3) is 0 Å². The van der Waals surface area contributed by atoms with Crippen LogP contribution in [-0.4, -0.2) is 100 Å². The van der Waals surface area contributed by atoms with Crippen molar-refractivity contribution in [3.8, 4) is 39.5 Å². The minimum Gasteiger partial charge on any atom is -0.490 e. The molecule has 0 unspecified atom stereocenters. The van der Waals surface area contributed by atoms with Crippen LogP contribution in [0.2, 0.25) is 0 Å². The molecule has 0 saturated carbocycles. The lowest BCUT2D eigenvalue weighted by Gasteiger charge is -2.33. The van der Waals surface area contributed by atoms with Crippen LogP contribution < -0.4 is 4.74 Å². The molecule has 0 radical (unpaired) electrons. The monoisotopic (exact) mass is 727 g/mol. The average molecular weight is 728 g/mol. The summed E-state index contributed by atoms with van der Waals surface area (Å²) in [7, 11) is 5.02. The van der Waals surface area contributed by atoms with Crippen LogP contribution in [-0.2, 0) is 33.8 Å². The Hall–Kier alpha value is -5.05. The van der Waals surface area contributed by atoms with Crippen LogP contribution in [0.15, 0.2) is 54.6 Å². The van der Waals surface area contributed by atoms with Gasteiger partial charge >= 0.3 is 0 Å². The van der Waals surface area contributed by atoms with E-state index in [2.05, 4.69) is 11.5 Å². The number of benzene rings is 1. The third-order valence-electron chi connectivity index (χ3n) is 9.65. The Kier molecular flexibility index (Phi) is 9.88. The second kappa shape index (κ2) is 14.5. The zero-order valence-electron chi connectivity index (χ0n) is 29.5. The van der Waals surface area contributed by atoms with E-state index in [-0.39, 0.29) is 65.6 Å². The number of hydrogen-bond acceptors (Lipinski definition) is 9. The summed E-state index contributed by atoms with van der Waals surface area (Å²) in [6.45, 7) is 8.31. The van der Waals surface area contributed by atoms with Crippen LogP contribution in [0.5, 0.6) is 5.75 Å². The number of thiophene rings is 1. The van der Waals surface area contributed by atoms with E-state index in [0.29, 0.717) is 54.3 Å². The topological polar surface area (TPSA) is 106 Å². The first kappa shape index (κ1) is 35.4. The Morgan fingerprint density at radius 2 is 1.92 bits per heavy atom. The molecule has 6 heterocycles. The largest absolute Gasteiger partial charge is 0.490 e. The maximum absolute atomic E-state index is 16.3. The van der Waals surface area contributed by atoms with Crippen LogP contribution in [0.1, 0.15) is 29.9 Å². The molecule has 4 aromatic heterocycles. The van der Waals surface area contributed by atoms with Crippen molar-refractivity contribution in [1.82, 2.24) is 34.4 Å². The highest BCUT2D eigenvalue weighted by Gasteiger charge is 2.32. The SMILES string of the molecule is C=CC(=O)N1CCn2nc(-c3nc(-c4cnc5c(c4)CN(CC(=O)N(C)C)CC5)c4scc(F)c4c3-c3c(F)cccc3OCCOC)cc2[C@H]1C. The van der Waals surface area contributed by atoms with E-state index in [9.17, 15) is 9.59 Å². The van der Waals surface area contributed by atoms with Crippen molar-refractivity contribution < 1.29 is 27.8 Å². The fourth-order valence-electron chi connectivity index (χ4n) is 6.93. The minimum absolute atomic E-state index is 0.0120. The van der Waals surface area contributed by atoms with Gasteiger partial charge in [-0.05, 0) is 42.8 Å². The molecule has 2 amide bonds. The molecular formula is C38H39F2N7O4S. The van der Waals surface area contributed by atoms with Crippen molar-refractivity contribution in [2.24, 2.45) is 0 Å². The van der Waals surface area contributed by atoms with E-state index in [0.717, 1.165) is 17.0 Å². The number of amides is 2. The van der Waals surface area contributed by atoms with Gasteiger partial charge < -0.3 is 19.3 Å². The van der Waals surface area contributed by atoms with Crippen LogP contribution in [0.4, 0.5) is 8.78 Å². The number of ether oxygens (including phenoxy) is 2. The smallest absolute Gasteiger partial charge is 0.246 e. The lowest BCUT2D eigenvalue weighted by atomic mass is 9.94. The number of carbonyl (C=O) groups is 2. The van der Waals surface area contributed by atoms with E-state index in [1.165, 1.54) is 28.9 Å². The lowest BCUT2D eigenvalue weighted by molar-refractivity contribution is -0.130. The first-order chi connectivity index (χ1) is 25.1. The molecule has 14 heteroatoms. The summed E-state index contributed by atoms with van der Waals surface area (Å²) in [5.41, 5.74) is 4.69. The third kappa shape index (κ3) is 6.46. The molecule has 270 valence electrons. The molecule has 0 N–H and O–H groups in total. The fourth-order valence-corrected chi connectivity index (χ4v) is 7.86. The summed E-state index contributed by atoms with van der Waals surface area (Å²) in [6.07, 6.45) is 3.71. The van der Waals surface area contributed by atoms with Gasteiger partial charge in [-0.25, -0.2) is 13.8 Å². The summed E-state index contributed by atoms with van der Waals surface area (Å²) in [5, 5.41) is 6.50. The van der Waals surface area contributed by atoms with Crippen molar-refractivity contribution in [2.45, 2.75) is 32.5 Å². The summed E-state index contributed by atoms with van der Waals surface area (Å²) in [4.78, 5) is 40.6. The fraction of sp³-hybridized carbons (Fsp3) is 0.342. The molecule has 11 nitrogen and oxygen atoms in total. The van der Waals surface area contributed by atoms with Crippen LogP contribution in [0.25, 0.3) is 43.9 Å². The molecule has 0 spiro atoms. The predicted octanol–water partition coefficient (Wildman–Crippen LogP) is 5.73. The Labute approximate surface area is 304 Å². The number of nitrogens with zero attached hydrogens (tertiary/aromatic N) is 7. The predicted molar refractivity (Wildman–Crippen MR) is 195 cm³/mol. The molecule has 1 aromatic carbocycles. The molecule has 2 aliphatic heterocycles. The molecule has 5 aromatic rings. The first-order valence-electron chi connectivity index (χ1n) is 17.0. The number of carbonyl (C=O) groups excluding carboxylic acids is 2. The highest BCUT2D eigenvalue weighted by Crippen LogP contribution is 2.48. The second-order valence-electron chi connectivity index (χ2n) is 13.1. The molecule has 0 saturated heterocycles. The molecule has 2 aliphatic rings. The quantitative estimate of drug-likeness (QED) is 0.133. The van der Waals surface area contributed by atoms with Gasteiger partial charge in [-0.15, -0.1) is 11.3 Å². The number of fused-ring (bicyclic) bond motifs is 3. The van der Waals surface area contributed by atoms with E-state index >= 15 is 8.78 Å². The normalized spacial score (nSPS) is 15.7. The third-order valence-corrected chi connectivity index (χ3v) is 10.6. The van der Waals surface area contributed by atoms with Crippen LogP contribution in [0.3, 0.4) is 0 Å². The van der Waals surface area contributed by atoms with Gasteiger partial charge in [0.05, 0.1) is 47.4 Å². The van der Waals surface area contributed by atoms with Crippen molar-refractivity contribution >= 4 is 33.2 Å². The number of likely N-dealkylation sites (N-methyl/N-ethyl adjacent to an activating group) is 1. The van der Waals surface area contributed by atoms with Gasteiger partial charge in [0.15, 0.2) is 0 Å². The van der Waals surface area contributed by atoms with Gasteiger partial charge in [0, 0.05) is 81.0 Å². The van der Waals surface area contributed by atoms with Crippen molar-refractivity contribution in [3.05, 3.63) is 83.1 Å². The van der Waals surface area contributed by atoms with E-state index in [1.54, 1.807) is 49.3 Å². The highest BCUT2D eigenvalue weighted by atomic mass is 32.1. The standard InChI is InChI=1S/C38H39F2N7O4S/c1-6-31(48)46-12-13-47-29(22(46)2)17-28(43-47)37-35(33-25(39)8-7-9-30(33)51-15-14-50-5)34-26(40)21-52-38(34)36(42-37)23-16-24-19-45(20-32(49)44(3)4)11-10-27(24)41-18-23/h6-9,16-18,21-22H,1,10-15,19-20H2,2-5H3/t22-/m1/s1. The number of aromatic nitrogens is 4. The zero-order valence-corrected chi connectivity index (χ0v) is 30.3. The summed E-state index contributed by atoms with van der Waals surface area (Å²) in [6, 6.07) is 7.99. The molecule has 52 heavy (non-hydrogen) atoms. The number of halogens is 2. The molecule has 7 rings (SSSR count). The number of hydrogen-bond donors (Lipinski definition) is 0. The van der Waals surface area contributed by atoms with E-state index in [1.807, 2.05) is 23.7 Å². The maximum atomic E-state index is 16.3. The number of methoxy groups -OCH3 is 1. The molecule has 0 fully saturated rings. The number of pyridine rings is 2. The van der Waals surface area contributed by atoms with Gasteiger partial charge in [-0.1, -0.05) is 12.6 Å². The van der Waals surface area contributed by atoms with Crippen LogP contribution >= 0.6 is 11.3 Å². The summed E-state index contributed by atoms with van der Waals surface area (Å²) >= 11 is 1.18. The Bertz CT molecular complexity index is 2200. The van der Waals surface area contributed by atoms with Gasteiger partial charge in [-0.2, -0.15) is 5.10 Å². The molecule has 0 bridgehead atoms. The van der Waals surface area contributed by atoms with Crippen molar-refractivity contribution in [2.75, 3.05) is 54.1 Å². The van der Waals surface area contributed by atoms with Crippen molar-refractivity contribution in [3.63, 3.8) is 0 Å². The minimum atomic E-state index is -0.611. The molecule has 1 atom stereocenters. The Morgan fingerprint density at radius 1 is 1.10 bits per heavy atom. The van der Waals surface area contributed by atoms with Gasteiger partial charge in [0.2, 0.25) is 11.8 Å². The zero-order chi connectivity index (χ0) is 36.7. The van der Waals surface area contributed by atoms with Crippen LogP contribution in [0, 0.1) is 11.6 Å². The van der Waals surface area contributed by atoms with Gasteiger partial charge in [-0.3, -0.25) is 24.2 Å². The summed E-state index contributed by atoms with van der Waals surface area (Å²) < 4.78 is 46.0. The average Bonchev–Trinajstić information content (AvgIpc) is 3.75. The first-order valence-corrected chi connectivity index (χ1v) is 17.9. The van der Waals surface area contributed by atoms with Crippen molar-refractivity contribution in [1.29, 1.82) is 0 Å².